The molecule has 0 aliphatic carbocycles. The fourth-order valence-electron chi connectivity index (χ4n) is 2.48. The number of esters is 2. The number of H-pyrrole nitrogens is 1. The van der Waals surface area contributed by atoms with Crippen LogP contribution in [0.1, 0.15) is 49.4 Å². The second-order valence-corrected chi connectivity index (χ2v) is 5.97. The lowest BCUT2D eigenvalue weighted by Crippen LogP contribution is -2.25. The summed E-state index contributed by atoms with van der Waals surface area (Å²) in [5, 5.41) is 0.494. The number of Topliss-reactive ketones (excluding diaryl/α,β-unsaturated/α-hetero) is 1. The normalized spacial score (nSPS) is 11.7. The van der Waals surface area contributed by atoms with Crippen molar-refractivity contribution < 1.29 is 23.9 Å². The summed E-state index contributed by atoms with van der Waals surface area (Å²) >= 11 is 5.78. The van der Waals surface area contributed by atoms with Crippen molar-refractivity contribution in [2.24, 2.45) is 0 Å². The van der Waals surface area contributed by atoms with E-state index in [9.17, 15) is 14.4 Å². The van der Waals surface area contributed by atoms with Crippen LogP contribution in [0, 0.1) is 13.8 Å². The topological polar surface area (TPSA) is 85.5 Å². The van der Waals surface area contributed by atoms with Crippen molar-refractivity contribution in [2.45, 2.75) is 26.9 Å². The Labute approximate surface area is 150 Å². The average Bonchev–Trinajstić information content (AvgIpc) is 2.88. The zero-order valence-electron chi connectivity index (χ0n) is 14.3. The van der Waals surface area contributed by atoms with Gasteiger partial charge in [0, 0.05) is 10.7 Å². The van der Waals surface area contributed by atoms with E-state index in [1.54, 1.807) is 26.0 Å². The van der Waals surface area contributed by atoms with Gasteiger partial charge in [0.2, 0.25) is 5.78 Å². The van der Waals surface area contributed by atoms with Gasteiger partial charge in [0.1, 0.15) is 0 Å². The highest BCUT2D eigenvalue weighted by Gasteiger charge is 2.27. The number of nitrogens with one attached hydrogen (secondary N) is 1. The molecule has 0 bridgehead atoms. The molecule has 1 heterocycles. The van der Waals surface area contributed by atoms with Crippen molar-refractivity contribution in [2.75, 3.05) is 7.11 Å². The van der Waals surface area contributed by atoms with E-state index in [2.05, 4.69) is 4.98 Å². The summed E-state index contributed by atoms with van der Waals surface area (Å²) in [6.45, 7) is 4.78. The highest BCUT2D eigenvalue weighted by Crippen LogP contribution is 2.21. The lowest BCUT2D eigenvalue weighted by atomic mass is 10.1. The number of carbonyl (C=O) groups excluding carboxylic acids is 3. The third kappa shape index (κ3) is 3.91. The Balaban J connectivity index is 2.19. The van der Waals surface area contributed by atoms with Crippen molar-refractivity contribution in [1.29, 1.82) is 0 Å². The Kier molecular flexibility index (Phi) is 5.64. The molecule has 0 aliphatic rings. The Morgan fingerprint density at radius 1 is 1.08 bits per heavy atom. The molecule has 0 amide bonds. The molecular formula is C18H18ClNO5. The Morgan fingerprint density at radius 2 is 1.68 bits per heavy atom. The van der Waals surface area contributed by atoms with Crippen LogP contribution in [0.25, 0.3) is 0 Å². The summed E-state index contributed by atoms with van der Waals surface area (Å²) in [5.41, 5.74) is 1.79. The molecule has 0 saturated carbocycles. The van der Waals surface area contributed by atoms with Crippen LogP contribution in [0.3, 0.4) is 0 Å². The summed E-state index contributed by atoms with van der Waals surface area (Å²) in [4.78, 5) is 39.4. The fraction of sp³-hybridized carbons (Fsp3) is 0.278. The van der Waals surface area contributed by atoms with E-state index in [0.717, 1.165) is 0 Å². The highest BCUT2D eigenvalue weighted by molar-refractivity contribution is 6.30. The van der Waals surface area contributed by atoms with E-state index in [4.69, 9.17) is 21.1 Å². The first-order chi connectivity index (χ1) is 11.8. The highest BCUT2D eigenvalue weighted by atomic mass is 35.5. The third-order valence-corrected chi connectivity index (χ3v) is 4.06. The lowest BCUT2D eigenvalue weighted by molar-refractivity contribution is 0.0316. The van der Waals surface area contributed by atoms with Crippen molar-refractivity contribution in [3.05, 3.63) is 57.4 Å². The maximum atomic E-state index is 12.6. The summed E-state index contributed by atoms with van der Waals surface area (Å²) in [5.74, 6) is -1.60. The van der Waals surface area contributed by atoms with Gasteiger partial charge in [0.05, 0.1) is 23.9 Å². The smallest absolute Gasteiger partial charge is 0.339 e. The largest absolute Gasteiger partial charge is 0.465 e. The van der Waals surface area contributed by atoms with Crippen LogP contribution < -0.4 is 0 Å². The van der Waals surface area contributed by atoms with Gasteiger partial charge in [-0.1, -0.05) is 11.6 Å². The second kappa shape index (κ2) is 7.53. The molecule has 2 aromatic rings. The van der Waals surface area contributed by atoms with Crippen LogP contribution >= 0.6 is 11.6 Å². The Bertz CT molecular complexity index is 823. The number of methoxy groups -OCH3 is 1. The number of hydrogen-bond donors (Lipinski definition) is 1. The van der Waals surface area contributed by atoms with Crippen molar-refractivity contribution in [3.8, 4) is 0 Å². The summed E-state index contributed by atoms with van der Waals surface area (Å²) in [6.07, 6.45) is -1.02. The fourth-order valence-corrected chi connectivity index (χ4v) is 2.60. The van der Waals surface area contributed by atoms with E-state index in [1.165, 1.54) is 26.2 Å². The molecule has 2 rings (SSSR count). The maximum Gasteiger partial charge on any atom is 0.339 e. The van der Waals surface area contributed by atoms with Crippen LogP contribution in [0.2, 0.25) is 5.02 Å². The zero-order valence-corrected chi connectivity index (χ0v) is 15.1. The van der Waals surface area contributed by atoms with Gasteiger partial charge in [-0.3, -0.25) is 4.79 Å². The SMILES string of the molecule is COC(=O)c1c(C)[nH]c(C(=O)[C@@H](C)OC(=O)c2ccc(Cl)cc2)c1C. The predicted molar refractivity (Wildman–Crippen MR) is 92.3 cm³/mol. The van der Waals surface area contributed by atoms with Crippen molar-refractivity contribution in [3.63, 3.8) is 0 Å². The number of aromatic nitrogens is 1. The van der Waals surface area contributed by atoms with E-state index >= 15 is 0 Å². The van der Waals surface area contributed by atoms with Crippen LogP contribution in [0.4, 0.5) is 0 Å². The van der Waals surface area contributed by atoms with Gasteiger partial charge in [0.25, 0.3) is 0 Å². The molecule has 0 spiro atoms. The minimum atomic E-state index is -1.02. The predicted octanol–water partition coefficient (Wildman–Crippen LogP) is 3.50. The molecule has 1 aromatic heterocycles. The van der Waals surface area contributed by atoms with Crippen LogP contribution in [-0.2, 0) is 9.47 Å². The van der Waals surface area contributed by atoms with Crippen LogP contribution in [-0.4, -0.2) is 35.9 Å². The molecule has 1 atom stereocenters. The first kappa shape index (κ1) is 18.7. The number of ketones is 1. The number of halogens is 1. The molecule has 0 fully saturated rings. The number of hydrogen-bond acceptors (Lipinski definition) is 5. The molecule has 0 unspecified atom stereocenters. The van der Waals surface area contributed by atoms with Crippen molar-refractivity contribution >= 4 is 29.3 Å². The van der Waals surface area contributed by atoms with Crippen molar-refractivity contribution in [1.82, 2.24) is 4.98 Å². The van der Waals surface area contributed by atoms with Gasteiger partial charge < -0.3 is 14.5 Å². The average molecular weight is 364 g/mol. The standard InChI is InChI=1S/C18H18ClNO5/c1-9-14(18(23)24-4)10(2)20-15(9)16(21)11(3)25-17(22)12-5-7-13(19)8-6-12/h5-8,11,20H,1-4H3/t11-/m1/s1. The lowest BCUT2D eigenvalue weighted by Gasteiger charge is -2.12. The quantitative estimate of drug-likeness (QED) is 0.649. The number of ether oxygens (including phenoxy) is 2. The Morgan fingerprint density at radius 3 is 2.24 bits per heavy atom. The molecule has 6 nitrogen and oxygen atoms in total. The van der Waals surface area contributed by atoms with E-state index in [0.29, 0.717) is 27.4 Å². The molecule has 0 saturated heterocycles. The maximum absolute atomic E-state index is 12.6. The number of aryl methyl sites for hydroxylation is 1. The van der Waals surface area contributed by atoms with Gasteiger partial charge >= 0.3 is 11.9 Å². The second-order valence-electron chi connectivity index (χ2n) is 5.54. The monoisotopic (exact) mass is 363 g/mol. The molecule has 7 heteroatoms. The van der Waals surface area contributed by atoms with Gasteiger partial charge in [-0.2, -0.15) is 0 Å². The Hall–Kier alpha value is -2.60. The number of carbonyl (C=O) groups is 3. The number of rotatable bonds is 5. The minimum absolute atomic E-state index is 0.217. The van der Waals surface area contributed by atoms with E-state index < -0.39 is 23.8 Å². The number of benzene rings is 1. The minimum Gasteiger partial charge on any atom is -0.465 e. The molecule has 0 aliphatic heterocycles. The van der Waals surface area contributed by atoms with Crippen LogP contribution in [0.5, 0.6) is 0 Å². The summed E-state index contributed by atoms with van der Waals surface area (Å²) in [6, 6.07) is 6.15. The van der Waals surface area contributed by atoms with Gasteiger partial charge in [0.15, 0.2) is 6.10 Å². The molecular weight excluding hydrogens is 346 g/mol. The zero-order chi connectivity index (χ0) is 18.7. The van der Waals surface area contributed by atoms with E-state index in [-0.39, 0.29) is 5.69 Å². The van der Waals surface area contributed by atoms with Crippen LogP contribution in [0.15, 0.2) is 24.3 Å². The molecule has 1 aromatic carbocycles. The summed E-state index contributed by atoms with van der Waals surface area (Å²) in [7, 11) is 1.27. The van der Waals surface area contributed by atoms with Gasteiger partial charge in [-0.05, 0) is 50.6 Å². The summed E-state index contributed by atoms with van der Waals surface area (Å²) < 4.78 is 9.93. The molecule has 25 heavy (non-hydrogen) atoms. The van der Waals surface area contributed by atoms with Gasteiger partial charge in [-0.15, -0.1) is 0 Å². The molecule has 0 radical (unpaired) electrons. The van der Waals surface area contributed by atoms with E-state index in [1.807, 2.05) is 0 Å². The first-order valence-electron chi connectivity index (χ1n) is 7.54. The number of aromatic amines is 1. The molecule has 132 valence electrons. The third-order valence-electron chi connectivity index (χ3n) is 3.81. The first-order valence-corrected chi connectivity index (χ1v) is 7.92. The molecule has 1 N–H and O–H groups in total. The van der Waals surface area contributed by atoms with Gasteiger partial charge in [-0.25, -0.2) is 9.59 Å².